The summed E-state index contributed by atoms with van der Waals surface area (Å²) in [5.74, 6) is 0.764. The average Bonchev–Trinajstić information content (AvgIpc) is 4.38. The molecule has 0 aliphatic rings. The smallest absolute Gasteiger partial charge is 0.407 e. The van der Waals surface area contributed by atoms with E-state index in [0.29, 0.717) is 26.2 Å². The summed E-state index contributed by atoms with van der Waals surface area (Å²) in [5.41, 5.74) is 30.4. The number of hydrogen-bond acceptors (Lipinski definition) is 13. The molecule has 0 bridgehead atoms. The molecule has 0 radical (unpaired) electrons. The second-order valence-corrected chi connectivity index (χ2v) is 25.6. The third-order valence-corrected chi connectivity index (χ3v) is 12.9. The Hall–Kier alpha value is -7.28. The predicted molar refractivity (Wildman–Crippen MR) is 340 cm³/mol. The fourth-order valence-electron chi connectivity index (χ4n) is 8.27. The first-order chi connectivity index (χ1) is 39.2. The largest absolute Gasteiger partial charge is 0.497 e. The fourth-order valence-corrected chi connectivity index (χ4v) is 9.00. The van der Waals surface area contributed by atoms with Crippen LogP contribution in [0.1, 0.15) is 130 Å². The highest BCUT2D eigenvalue weighted by Gasteiger charge is 2.23. The molecule has 23 heteroatoms. The molecule has 0 aliphatic carbocycles. The molecule has 21 nitrogen and oxygen atoms in total. The third-order valence-electron chi connectivity index (χ3n) is 12.0. The molecule has 456 valence electrons. The molecule has 8 aromatic rings. The second kappa shape index (κ2) is 29.5. The van der Waals surface area contributed by atoms with Gasteiger partial charge < -0.3 is 87.8 Å². The molecule has 4 amide bonds. The maximum Gasteiger partial charge on any atom is 0.407 e. The molecule has 0 fully saturated rings. The molecule has 0 aliphatic heterocycles. The van der Waals surface area contributed by atoms with E-state index in [0.717, 1.165) is 80.6 Å². The number of aromatic nitrogens is 4. The lowest BCUT2D eigenvalue weighted by Crippen LogP contribution is -2.36. The Kier molecular flexibility index (Phi) is 23.7. The molecule has 4 unspecified atom stereocenters. The number of ether oxygens (including phenoxy) is 5. The van der Waals surface area contributed by atoms with E-state index in [1.807, 2.05) is 187 Å². The maximum atomic E-state index is 11.7. The Labute approximate surface area is 507 Å². The topological polar surface area (TPSA) is 330 Å². The molecule has 8 rings (SSSR count). The van der Waals surface area contributed by atoms with Gasteiger partial charge in [0.2, 0.25) is 0 Å². The number of fused-ring (bicyclic) bond motifs is 4. The van der Waals surface area contributed by atoms with Gasteiger partial charge in [0.05, 0.1) is 7.11 Å². The van der Waals surface area contributed by atoms with Gasteiger partial charge in [-0.05, 0) is 160 Å². The summed E-state index contributed by atoms with van der Waals surface area (Å²) >= 11 is 6.88. The fraction of sp³-hybridized carbons (Fsp3) is 0.410. The Balaban J connectivity index is 0.000000205. The lowest BCUT2D eigenvalue weighted by molar-refractivity contribution is 0.0513. The lowest BCUT2D eigenvalue weighted by atomic mass is 10.1. The van der Waals surface area contributed by atoms with E-state index in [1.165, 1.54) is 0 Å². The van der Waals surface area contributed by atoms with Gasteiger partial charge in [0, 0.05) is 128 Å². The number of amides is 4. The number of alkyl carbamates (subject to hydrolysis) is 4. The highest BCUT2D eigenvalue weighted by molar-refractivity contribution is 9.10. The van der Waals surface area contributed by atoms with Crippen molar-refractivity contribution in [2.45, 2.75) is 130 Å². The number of carbonyl (C=O) groups excluding carboxylic acids is 4. The number of nitrogens with two attached hydrogens (primary N) is 4. The zero-order valence-electron chi connectivity index (χ0n) is 50.2. The molecule has 16 N–H and O–H groups in total. The standard InChI is InChI=1S/C16H23N3O3.2C15H20BrN3O2.C15H21N3O2/c1-16(2,3)22-15(20)19-9-13(17)12-8-18-14-6-5-10(21-4)7-11(12)14;1-15(2,3)21-14(20)19-8-12(17)11-7-18-13-5-4-9(16)6-10(11)13;1-15(2,3)21-14(20)19-8-12(17)11-7-18-13-6-9(16)4-5-10(11)13;1-15(2,3)20-14(19)18-9-12(16)11-8-17-13-7-5-4-6-10(11)13/h5-8,13,18H,9,17H2,1-4H3,(H,19,20);2*4-7,12,18H,8,17H2,1-3H3,(H,19,20);4-8,12,17H,9,16H2,1-3H3,(H,18,19). The number of methoxy groups -OCH3 is 1. The van der Waals surface area contributed by atoms with Crippen LogP contribution in [-0.2, 0) is 18.9 Å². The van der Waals surface area contributed by atoms with E-state index >= 15 is 0 Å². The minimum atomic E-state index is -0.525. The number of rotatable bonds is 13. The Morgan fingerprint density at radius 3 is 1.12 bits per heavy atom. The number of nitrogens with one attached hydrogen (secondary N) is 8. The van der Waals surface area contributed by atoms with Gasteiger partial charge in [-0.25, -0.2) is 19.2 Å². The van der Waals surface area contributed by atoms with Crippen LogP contribution in [0.4, 0.5) is 19.2 Å². The van der Waals surface area contributed by atoms with Crippen LogP contribution in [0.3, 0.4) is 0 Å². The molecular formula is C61H84Br2N12O9. The van der Waals surface area contributed by atoms with Crippen molar-refractivity contribution in [1.29, 1.82) is 0 Å². The maximum absolute atomic E-state index is 11.7. The molecule has 4 aromatic heterocycles. The van der Waals surface area contributed by atoms with Crippen molar-refractivity contribution in [3.8, 4) is 5.75 Å². The molecule has 4 atom stereocenters. The summed E-state index contributed by atoms with van der Waals surface area (Å²) in [6, 6.07) is 24.4. The van der Waals surface area contributed by atoms with Crippen LogP contribution >= 0.6 is 31.9 Å². The van der Waals surface area contributed by atoms with Gasteiger partial charge in [0.25, 0.3) is 0 Å². The van der Waals surface area contributed by atoms with Crippen molar-refractivity contribution in [3.05, 3.63) is 135 Å². The SMILES string of the molecule is CC(C)(C)OC(=O)NCC(N)c1c[nH]c2cc(Br)ccc12.CC(C)(C)OC(=O)NCC(N)c1c[nH]c2ccc(Br)cc12.CC(C)(C)OC(=O)NCC(N)c1c[nH]c2ccccc12.COc1ccc2[nH]cc(C(N)CNC(=O)OC(C)(C)C)c2c1. The first-order valence-corrected chi connectivity index (χ1v) is 28.9. The van der Waals surface area contributed by atoms with Gasteiger partial charge in [0.15, 0.2) is 0 Å². The lowest BCUT2D eigenvalue weighted by Gasteiger charge is -2.20. The van der Waals surface area contributed by atoms with Crippen LogP contribution in [0, 0.1) is 0 Å². The van der Waals surface area contributed by atoms with Gasteiger partial charge in [-0.1, -0.05) is 56.1 Å². The van der Waals surface area contributed by atoms with E-state index < -0.39 is 46.8 Å². The molecular weight excluding hydrogens is 1200 g/mol. The Bertz CT molecular complexity index is 3450. The van der Waals surface area contributed by atoms with Crippen LogP contribution in [0.5, 0.6) is 5.75 Å². The predicted octanol–water partition coefficient (Wildman–Crippen LogP) is 12.3. The van der Waals surface area contributed by atoms with E-state index in [1.54, 1.807) is 7.11 Å². The quantitative estimate of drug-likeness (QED) is 0.0478. The summed E-state index contributed by atoms with van der Waals surface area (Å²) in [5, 5.41) is 14.9. The number of carbonyl (C=O) groups is 4. The van der Waals surface area contributed by atoms with Gasteiger partial charge in [-0.15, -0.1) is 0 Å². The van der Waals surface area contributed by atoms with Crippen LogP contribution < -0.4 is 48.9 Å². The molecule has 4 heterocycles. The minimum absolute atomic E-state index is 0.279. The molecule has 0 saturated carbocycles. The summed E-state index contributed by atoms with van der Waals surface area (Å²) in [6.45, 7) is 23.1. The molecule has 84 heavy (non-hydrogen) atoms. The van der Waals surface area contributed by atoms with E-state index in [4.69, 9.17) is 46.6 Å². The number of aromatic amines is 4. The molecule has 0 saturated heterocycles. The van der Waals surface area contributed by atoms with Crippen molar-refractivity contribution in [3.63, 3.8) is 0 Å². The van der Waals surface area contributed by atoms with Crippen molar-refractivity contribution in [1.82, 2.24) is 41.2 Å². The summed E-state index contributed by atoms with van der Waals surface area (Å²) in [6.07, 6.45) is 5.64. The monoisotopic (exact) mass is 1290 g/mol. The number of hydrogen-bond donors (Lipinski definition) is 12. The van der Waals surface area contributed by atoms with Gasteiger partial charge in [-0.3, -0.25) is 0 Å². The van der Waals surface area contributed by atoms with Crippen molar-refractivity contribution >= 4 is 99.8 Å². The van der Waals surface area contributed by atoms with Gasteiger partial charge in [-0.2, -0.15) is 0 Å². The molecule has 4 aromatic carbocycles. The number of halogens is 2. The van der Waals surface area contributed by atoms with E-state index in [-0.39, 0.29) is 24.2 Å². The zero-order valence-corrected chi connectivity index (χ0v) is 53.4. The minimum Gasteiger partial charge on any atom is -0.497 e. The van der Waals surface area contributed by atoms with Crippen LogP contribution in [0.2, 0.25) is 0 Å². The van der Waals surface area contributed by atoms with Crippen LogP contribution in [0.25, 0.3) is 43.6 Å². The Morgan fingerprint density at radius 1 is 0.417 bits per heavy atom. The van der Waals surface area contributed by atoms with E-state index in [9.17, 15) is 19.2 Å². The third kappa shape index (κ3) is 21.7. The molecule has 0 spiro atoms. The Morgan fingerprint density at radius 2 is 0.726 bits per heavy atom. The highest BCUT2D eigenvalue weighted by atomic mass is 79.9. The second-order valence-electron chi connectivity index (χ2n) is 23.8. The first kappa shape index (κ1) is 67.5. The van der Waals surface area contributed by atoms with Crippen molar-refractivity contribution < 1.29 is 42.9 Å². The normalized spacial score (nSPS) is 13.1. The zero-order chi connectivity index (χ0) is 62.3. The van der Waals surface area contributed by atoms with Crippen LogP contribution in [0.15, 0.2) is 113 Å². The van der Waals surface area contributed by atoms with Gasteiger partial charge >= 0.3 is 24.4 Å². The average molecular weight is 1290 g/mol. The highest BCUT2D eigenvalue weighted by Crippen LogP contribution is 2.29. The van der Waals surface area contributed by atoms with Gasteiger partial charge in [0.1, 0.15) is 28.2 Å². The van der Waals surface area contributed by atoms with E-state index in [2.05, 4.69) is 73.1 Å². The summed E-state index contributed by atoms with van der Waals surface area (Å²) in [7, 11) is 1.62. The number of benzene rings is 4. The summed E-state index contributed by atoms with van der Waals surface area (Å²) in [4.78, 5) is 59.3. The van der Waals surface area contributed by atoms with Crippen LogP contribution in [-0.4, -0.2) is 100 Å². The van der Waals surface area contributed by atoms with Crippen molar-refractivity contribution in [2.75, 3.05) is 33.3 Å². The number of para-hydroxylation sites is 1. The number of H-pyrrole nitrogens is 4. The summed E-state index contributed by atoms with van der Waals surface area (Å²) < 4.78 is 28.0. The first-order valence-electron chi connectivity index (χ1n) is 27.3. The van der Waals surface area contributed by atoms with Crippen molar-refractivity contribution in [2.24, 2.45) is 22.9 Å².